The maximum absolute atomic E-state index is 6.08. The predicted octanol–water partition coefficient (Wildman–Crippen LogP) is 2.80. The molecule has 0 aliphatic carbocycles. The van der Waals surface area contributed by atoms with E-state index >= 15 is 0 Å². The molecule has 110 valence electrons. The second-order valence-corrected chi connectivity index (χ2v) is 6.21. The second kappa shape index (κ2) is 6.03. The minimum Gasteiger partial charge on any atom is -0.371 e. The molecule has 1 aliphatic rings. The quantitative estimate of drug-likeness (QED) is 0.928. The van der Waals surface area contributed by atoms with Gasteiger partial charge in [0.2, 0.25) is 0 Å². The van der Waals surface area contributed by atoms with Crippen molar-refractivity contribution in [2.24, 2.45) is 5.73 Å². The van der Waals surface area contributed by atoms with Gasteiger partial charge in [0.1, 0.15) is 0 Å². The first kappa shape index (κ1) is 14.4. The van der Waals surface area contributed by atoms with Gasteiger partial charge < -0.3 is 15.5 Å². The summed E-state index contributed by atoms with van der Waals surface area (Å²) >= 11 is 3.49. The van der Waals surface area contributed by atoms with Crippen molar-refractivity contribution >= 4 is 27.3 Å². The van der Waals surface area contributed by atoms with Gasteiger partial charge in [-0.05, 0) is 39.7 Å². The Labute approximate surface area is 133 Å². The second-order valence-electron chi connectivity index (χ2n) is 5.29. The minimum absolute atomic E-state index is 0.143. The van der Waals surface area contributed by atoms with Crippen molar-refractivity contribution in [3.63, 3.8) is 0 Å². The predicted molar refractivity (Wildman–Crippen MR) is 90.8 cm³/mol. The van der Waals surface area contributed by atoms with Gasteiger partial charge in [0.15, 0.2) is 0 Å². The number of hydrogen-bond donors (Lipinski definition) is 1. The van der Waals surface area contributed by atoms with Crippen molar-refractivity contribution in [1.82, 2.24) is 4.98 Å². The number of aromatic nitrogens is 1. The molecule has 0 saturated heterocycles. The first-order valence-corrected chi connectivity index (χ1v) is 7.87. The zero-order chi connectivity index (χ0) is 14.8. The summed E-state index contributed by atoms with van der Waals surface area (Å²) in [5.41, 5.74) is 9.72. The molecule has 0 saturated carbocycles. The number of pyridine rings is 1. The topological polar surface area (TPSA) is 45.4 Å². The Morgan fingerprint density at radius 2 is 2.00 bits per heavy atom. The van der Waals surface area contributed by atoms with Gasteiger partial charge in [-0.3, -0.25) is 4.98 Å². The highest BCUT2D eigenvalue weighted by molar-refractivity contribution is 9.10. The lowest BCUT2D eigenvalue weighted by atomic mass is 10.0. The van der Waals surface area contributed by atoms with E-state index in [-0.39, 0.29) is 6.04 Å². The Kier molecular flexibility index (Phi) is 4.12. The third-order valence-corrected chi connectivity index (χ3v) is 4.42. The van der Waals surface area contributed by atoms with Crippen molar-refractivity contribution in [1.29, 1.82) is 0 Å². The van der Waals surface area contributed by atoms with E-state index in [9.17, 15) is 0 Å². The summed E-state index contributed by atoms with van der Waals surface area (Å²) in [5, 5.41) is 0. The first-order chi connectivity index (χ1) is 10.2. The molecule has 0 bridgehead atoms. The van der Waals surface area contributed by atoms with E-state index in [0.29, 0.717) is 6.54 Å². The summed E-state index contributed by atoms with van der Waals surface area (Å²) in [5.74, 6) is 0. The maximum atomic E-state index is 6.08. The Balaban J connectivity index is 2.01. The van der Waals surface area contributed by atoms with Crippen LogP contribution < -0.4 is 15.5 Å². The summed E-state index contributed by atoms with van der Waals surface area (Å²) in [6.07, 6.45) is 3.71. The van der Waals surface area contributed by atoms with E-state index in [2.05, 4.69) is 68.1 Å². The summed E-state index contributed by atoms with van der Waals surface area (Å²) in [4.78, 5) is 8.96. The van der Waals surface area contributed by atoms with Crippen molar-refractivity contribution < 1.29 is 0 Å². The van der Waals surface area contributed by atoms with E-state index in [1.54, 1.807) is 6.20 Å². The Hall–Kier alpha value is -1.59. The fourth-order valence-corrected chi connectivity index (χ4v) is 3.29. The largest absolute Gasteiger partial charge is 0.371 e. The van der Waals surface area contributed by atoms with Crippen molar-refractivity contribution in [2.75, 3.05) is 36.5 Å². The molecular weight excluding hydrogens is 328 g/mol. The van der Waals surface area contributed by atoms with Gasteiger partial charge in [0.25, 0.3) is 0 Å². The lowest BCUT2D eigenvalue weighted by Gasteiger charge is -2.41. The fraction of sp³-hybridized carbons (Fsp3) is 0.312. The monoisotopic (exact) mass is 346 g/mol. The molecule has 0 radical (unpaired) electrons. The molecule has 21 heavy (non-hydrogen) atoms. The number of rotatable bonds is 3. The Bertz CT molecular complexity index is 631. The van der Waals surface area contributed by atoms with Crippen LogP contribution in [0.25, 0.3) is 0 Å². The summed E-state index contributed by atoms with van der Waals surface area (Å²) < 4.78 is 0.987. The normalized spacial score (nSPS) is 15.8. The van der Waals surface area contributed by atoms with Gasteiger partial charge in [0.05, 0.1) is 17.4 Å². The molecule has 3 rings (SSSR count). The Morgan fingerprint density at radius 3 is 2.71 bits per heavy atom. The molecule has 2 aromatic rings. The van der Waals surface area contributed by atoms with E-state index < -0.39 is 0 Å². The highest BCUT2D eigenvalue weighted by Crippen LogP contribution is 2.37. The Morgan fingerprint density at radius 1 is 1.24 bits per heavy atom. The first-order valence-electron chi connectivity index (χ1n) is 7.08. The number of anilines is 2. The SMILES string of the molecule is CN1CCN(C(CN)c2cncc(Br)c2)c2ccccc21. The standard InChI is InChI=1S/C16H19BrN4/c1-20-6-7-21(15-5-3-2-4-14(15)20)16(9-18)12-8-13(17)11-19-10-12/h2-5,8,10-11,16H,6-7,9,18H2,1H3. The molecule has 0 fully saturated rings. The number of nitrogens with zero attached hydrogens (tertiary/aromatic N) is 3. The van der Waals surface area contributed by atoms with Gasteiger partial charge in [-0.2, -0.15) is 0 Å². The highest BCUT2D eigenvalue weighted by Gasteiger charge is 2.26. The number of hydrogen-bond acceptors (Lipinski definition) is 4. The lowest BCUT2D eigenvalue weighted by molar-refractivity contribution is 0.608. The van der Waals surface area contributed by atoms with Crippen LogP contribution in [0, 0.1) is 0 Å². The summed E-state index contributed by atoms with van der Waals surface area (Å²) in [6, 6.07) is 10.7. The number of halogens is 1. The van der Waals surface area contributed by atoms with Crippen LogP contribution >= 0.6 is 15.9 Å². The molecule has 2 N–H and O–H groups in total. The fourth-order valence-electron chi connectivity index (χ4n) is 2.91. The molecule has 1 atom stereocenters. The molecule has 5 heteroatoms. The summed E-state index contributed by atoms with van der Waals surface area (Å²) in [7, 11) is 2.13. The van der Waals surface area contributed by atoms with Crippen LogP contribution in [0.3, 0.4) is 0 Å². The van der Waals surface area contributed by atoms with Crippen LogP contribution in [0.5, 0.6) is 0 Å². The summed E-state index contributed by atoms with van der Waals surface area (Å²) in [6.45, 7) is 2.52. The van der Waals surface area contributed by atoms with Crippen molar-refractivity contribution in [2.45, 2.75) is 6.04 Å². The van der Waals surface area contributed by atoms with Crippen LogP contribution in [-0.4, -0.2) is 31.7 Å². The highest BCUT2D eigenvalue weighted by atomic mass is 79.9. The number of fused-ring (bicyclic) bond motifs is 1. The molecule has 1 aromatic carbocycles. The smallest absolute Gasteiger partial charge is 0.0681 e. The lowest BCUT2D eigenvalue weighted by Crippen LogP contribution is -2.43. The van der Waals surface area contributed by atoms with Gasteiger partial charge in [0, 0.05) is 43.5 Å². The number of likely N-dealkylation sites (N-methyl/N-ethyl adjacent to an activating group) is 1. The van der Waals surface area contributed by atoms with Gasteiger partial charge in [-0.25, -0.2) is 0 Å². The average molecular weight is 347 g/mol. The molecule has 1 aliphatic heterocycles. The van der Waals surface area contributed by atoms with Crippen molar-refractivity contribution in [3.05, 3.63) is 52.8 Å². The minimum atomic E-state index is 0.143. The zero-order valence-electron chi connectivity index (χ0n) is 12.0. The third kappa shape index (κ3) is 2.76. The van der Waals surface area contributed by atoms with Gasteiger partial charge in [-0.15, -0.1) is 0 Å². The number of nitrogens with two attached hydrogens (primary N) is 1. The van der Waals surface area contributed by atoms with Crippen molar-refractivity contribution in [3.8, 4) is 0 Å². The van der Waals surface area contributed by atoms with Gasteiger partial charge in [-0.1, -0.05) is 12.1 Å². The zero-order valence-corrected chi connectivity index (χ0v) is 13.6. The molecule has 1 unspecified atom stereocenters. The van der Waals surface area contributed by atoms with E-state index in [1.165, 1.54) is 11.4 Å². The molecular formula is C16H19BrN4. The average Bonchev–Trinajstić information content (AvgIpc) is 2.51. The molecule has 1 aromatic heterocycles. The van der Waals surface area contributed by atoms with Gasteiger partial charge >= 0.3 is 0 Å². The van der Waals surface area contributed by atoms with E-state index in [4.69, 9.17) is 5.73 Å². The van der Waals surface area contributed by atoms with Crippen LogP contribution in [0.2, 0.25) is 0 Å². The molecule has 2 heterocycles. The van der Waals surface area contributed by atoms with E-state index in [0.717, 1.165) is 23.1 Å². The third-order valence-electron chi connectivity index (χ3n) is 3.99. The maximum Gasteiger partial charge on any atom is 0.0681 e. The molecule has 4 nitrogen and oxygen atoms in total. The number of benzene rings is 1. The van der Waals surface area contributed by atoms with Crippen LogP contribution in [-0.2, 0) is 0 Å². The molecule has 0 spiro atoms. The van der Waals surface area contributed by atoms with Crippen LogP contribution in [0.1, 0.15) is 11.6 Å². The van der Waals surface area contributed by atoms with Crippen LogP contribution in [0.15, 0.2) is 47.2 Å². The molecule has 0 amide bonds. The van der Waals surface area contributed by atoms with Crippen LogP contribution in [0.4, 0.5) is 11.4 Å². The van der Waals surface area contributed by atoms with E-state index in [1.807, 2.05) is 6.20 Å². The number of para-hydroxylation sites is 2.